The highest BCUT2D eigenvalue weighted by Gasteiger charge is 2.53. The van der Waals surface area contributed by atoms with Crippen molar-refractivity contribution in [2.24, 2.45) is 0 Å². The van der Waals surface area contributed by atoms with Crippen molar-refractivity contribution in [2.45, 2.75) is 420 Å². The monoisotopic (exact) mass is 1370 g/mol. The van der Waals surface area contributed by atoms with Crippen molar-refractivity contribution >= 4 is 5.91 Å². The number of allylic oxidation sites excluding steroid dienone is 5. The Morgan fingerprint density at radius 1 is 0.375 bits per heavy atom. The Bertz CT molecular complexity index is 1880. The number of aliphatic hydroxyl groups excluding tert-OH is 11. The second-order valence-corrected chi connectivity index (χ2v) is 28.2. The molecule has 96 heavy (non-hydrogen) atoms. The third-order valence-corrected chi connectivity index (χ3v) is 19.7. The van der Waals surface area contributed by atoms with E-state index in [2.05, 4.69) is 43.5 Å². The summed E-state index contributed by atoms with van der Waals surface area (Å²) in [5, 5.41) is 120. The van der Waals surface area contributed by atoms with E-state index >= 15 is 0 Å². The number of amides is 1. The van der Waals surface area contributed by atoms with Gasteiger partial charge in [0.15, 0.2) is 18.9 Å². The molecule has 19 heteroatoms. The summed E-state index contributed by atoms with van der Waals surface area (Å²) in [5.41, 5.74) is 0. The predicted molar refractivity (Wildman–Crippen MR) is 379 cm³/mol. The molecule has 3 aliphatic heterocycles. The maximum absolute atomic E-state index is 13.4. The summed E-state index contributed by atoms with van der Waals surface area (Å²) >= 11 is 0. The smallest absolute Gasteiger partial charge is 0.220 e. The van der Waals surface area contributed by atoms with Crippen molar-refractivity contribution in [3.8, 4) is 0 Å². The fourth-order valence-corrected chi connectivity index (χ4v) is 13.3. The lowest BCUT2D eigenvalue weighted by atomic mass is 9.96. The molecular formula is C77H143NO18. The van der Waals surface area contributed by atoms with Gasteiger partial charge >= 0.3 is 0 Å². The van der Waals surface area contributed by atoms with Crippen LogP contribution in [0.15, 0.2) is 36.5 Å². The zero-order valence-corrected chi connectivity index (χ0v) is 60.1. The quantitative estimate of drug-likeness (QED) is 0.0199. The highest BCUT2D eigenvalue weighted by molar-refractivity contribution is 5.76. The highest BCUT2D eigenvalue weighted by Crippen LogP contribution is 2.33. The Labute approximate surface area is 581 Å². The first-order valence-corrected chi connectivity index (χ1v) is 39.2. The minimum atomic E-state index is -1.98. The second-order valence-electron chi connectivity index (χ2n) is 28.2. The summed E-state index contributed by atoms with van der Waals surface area (Å²) in [6.45, 7) is 1.73. The number of carbonyl (C=O) groups excluding carboxylic acids is 1. The molecule has 1 amide bonds. The first kappa shape index (κ1) is 88.2. The third-order valence-electron chi connectivity index (χ3n) is 19.7. The number of hydrogen-bond acceptors (Lipinski definition) is 18. The van der Waals surface area contributed by atoms with Crippen LogP contribution >= 0.6 is 0 Å². The summed E-state index contributed by atoms with van der Waals surface area (Å²) < 4.78 is 34.3. The summed E-state index contributed by atoms with van der Waals surface area (Å²) in [7, 11) is 0. The molecule has 3 aliphatic rings. The molecule has 0 aliphatic carbocycles. The molecule has 12 N–H and O–H groups in total. The van der Waals surface area contributed by atoms with Crippen LogP contribution in [0.25, 0.3) is 0 Å². The number of unbranched alkanes of at least 4 members (excludes halogenated alkanes) is 42. The molecule has 0 aromatic carbocycles. The average Bonchev–Trinajstić information content (AvgIpc) is 0.787. The first-order chi connectivity index (χ1) is 46.8. The van der Waals surface area contributed by atoms with Crippen LogP contribution in [0.1, 0.15) is 316 Å². The van der Waals surface area contributed by atoms with Crippen LogP contribution in [0.4, 0.5) is 0 Å². The number of ether oxygens (including phenoxy) is 6. The van der Waals surface area contributed by atoms with Gasteiger partial charge in [0.1, 0.15) is 73.2 Å². The van der Waals surface area contributed by atoms with Crippen molar-refractivity contribution in [3.63, 3.8) is 0 Å². The first-order valence-electron chi connectivity index (χ1n) is 39.2. The van der Waals surface area contributed by atoms with Crippen molar-refractivity contribution in [3.05, 3.63) is 36.5 Å². The Hall–Kier alpha value is -1.99. The van der Waals surface area contributed by atoms with Gasteiger partial charge in [0.05, 0.1) is 38.6 Å². The maximum Gasteiger partial charge on any atom is 0.220 e. The highest BCUT2D eigenvalue weighted by atomic mass is 16.8. The molecule has 3 heterocycles. The Morgan fingerprint density at radius 2 is 0.688 bits per heavy atom. The van der Waals surface area contributed by atoms with E-state index in [0.29, 0.717) is 6.42 Å². The summed E-state index contributed by atoms with van der Waals surface area (Å²) in [6, 6.07) is -0.970. The SMILES string of the molecule is CCCCCCC/C=C\C/C=C\CCCCCCCCCCCCCCCCCCCCCCCCCCCCCC(=O)NC(COC1OC(CO)C(OC2OC(CO)C(OC3OC(CO)C(O)C(O)C3O)C(O)C2O)C(O)C1O)C(O)/C=C/CCCCCCCCCCCC. The number of rotatable bonds is 62. The standard InChI is InChI=1S/C77H143NO18/c1-3-5-7-9-11-13-15-17-18-19-20-21-22-23-24-25-26-27-28-29-30-31-32-33-34-35-36-37-38-39-40-41-42-43-45-47-49-51-53-55-65(83)78-60(61(82)54-52-50-48-46-44-16-14-12-10-8-6-4-2)59-91-75-71(89)68(86)73(63(57-80)93-75)96-77-72(90)69(87)74(64(58-81)94-77)95-76-70(88)67(85)66(84)62(56-79)92-76/h15,17,19-20,52,54,60-64,66-77,79-82,84-90H,3-14,16,18,21-51,53,55-59H2,1-2H3,(H,78,83)/b17-15-,20-19-,54-52+. The lowest BCUT2D eigenvalue weighted by Crippen LogP contribution is -2.66. The van der Waals surface area contributed by atoms with Gasteiger partial charge in [0.25, 0.3) is 0 Å². The summed E-state index contributed by atoms with van der Waals surface area (Å²) in [6.07, 6.45) is 44.6. The van der Waals surface area contributed by atoms with Gasteiger partial charge in [-0.2, -0.15) is 0 Å². The van der Waals surface area contributed by atoms with Gasteiger partial charge in [0, 0.05) is 6.42 Å². The van der Waals surface area contributed by atoms with Gasteiger partial charge < -0.3 is 89.9 Å². The maximum atomic E-state index is 13.4. The van der Waals surface area contributed by atoms with E-state index in [1.54, 1.807) is 6.08 Å². The van der Waals surface area contributed by atoms with Crippen LogP contribution < -0.4 is 5.32 Å². The lowest BCUT2D eigenvalue weighted by Gasteiger charge is -2.48. The van der Waals surface area contributed by atoms with E-state index < -0.39 is 124 Å². The van der Waals surface area contributed by atoms with Crippen LogP contribution in [0, 0.1) is 0 Å². The van der Waals surface area contributed by atoms with Gasteiger partial charge in [-0.15, -0.1) is 0 Å². The number of hydrogen-bond donors (Lipinski definition) is 12. The topological polar surface area (TPSA) is 307 Å². The van der Waals surface area contributed by atoms with Gasteiger partial charge in [-0.25, -0.2) is 0 Å². The molecule has 0 spiro atoms. The van der Waals surface area contributed by atoms with Crippen molar-refractivity contribution in [1.29, 1.82) is 0 Å². The fraction of sp³-hybridized carbons (Fsp3) is 0.909. The van der Waals surface area contributed by atoms with Gasteiger partial charge in [-0.1, -0.05) is 294 Å². The second kappa shape index (κ2) is 58.5. The molecule has 3 fully saturated rings. The van der Waals surface area contributed by atoms with E-state index in [4.69, 9.17) is 28.4 Å². The molecule has 0 bridgehead atoms. The van der Waals surface area contributed by atoms with E-state index in [1.165, 1.54) is 238 Å². The molecule has 3 rings (SSSR count). The predicted octanol–water partition coefficient (Wildman–Crippen LogP) is 12.3. The van der Waals surface area contributed by atoms with E-state index in [-0.39, 0.29) is 18.9 Å². The molecule has 0 aromatic rings. The number of carbonyl (C=O) groups is 1. The molecule has 17 unspecified atom stereocenters. The molecule has 3 saturated heterocycles. The van der Waals surface area contributed by atoms with E-state index in [0.717, 1.165) is 51.4 Å². The molecule has 19 nitrogen and oxygen atoms in total. The van der Waals surface area contributed by atoms with Crippen LogP contribution in [0.3, 0.4) is 0 Å². The lowest BCUT2D eigenvalue weighted by molar-refractivity contribution is -0.379. The Balaban J connectivity index is 1.27. The molecule has 0 saturated carbocycles. The van der Waals surface area contributed by atoms with Crippen molar-refractivity contribution < 1.29 is 89.4 Å². The van der Waals surface area contributed by atoms with Crippen LogP contribution in [0.2, 0.25) is 0 Å². The summed E-state index contributed by atoms with van der Waals surface area (Å²) in [4.78, 5) is 13.4. The average molecular weight is 1370 g/mol. The van der Waals surface area contributed by atoms with Gasteiger partial charge in [0.2, 0.25) is 5.91 Å². The fourth-order valence-electron chi connectivity index (χ4n) is 13.3. The molecular weight excluding hydrogens is 1230 g/mol. The minimum Gasteiger partial charge on any atom is -0.394 e. The summed E-state index contributed by atoms with van der Waals surface area (Å²) in [5.74, 6) is -0.271. The van der Waals surface area contributed by atoms with Crippen LogP contribution in [-0.2, 0) is 33.2 Å². The van der Waals surface area contributed by atoms with Crippen molar-refractivity contribution in [1.82, 2.24) is 5.32 Å². The Morgan fingerprint density at radius 3 is 1.06 bits per heavy atom. The zero-order valence-electron chi connectivity index (χ0n) is 60.1. The molecule has 564 valence electrons. The number of nitrogens with one attached hydrogen (secondary N) is 1. The van der Waals surface area contributed by atoms with E-state index in [9.17, 15) is 61.0 Å². The van der Waals surface area contributed by atoms with E-state index in [1.807, 2.05) is 6.08 Å². The van der Waals surface area contributed by atoms with Gasteiger partial charge in [-0.05, 0) is 51.4 Å². The zero-order chi connectivity index (χ0) is 69.6. The molecule has 0 radical (unpaired) electrons. The third kappa shape index (κ3) is 38.9. The van der Waals surface area contributed by atoms with Crippen LogP contribution in [-0.4, -0.2) is 193 Å². The minimum absolute atomic E-state index is 0.248. The molecule has 0 aromatic heterocycles. The normalized spacial score (nSPS) is 27.2. The molecule has 17 atom stereocenters. The van der Waals surface area contributed by atoms with Crippen molar-refractivity contribution in [2.75, 3.05) is 26.4 Å². The van der Waals surface area contributed by atoms with Crippen LogP contribution in [0.5, 0.6) is 0 Å². The Kier molecular flexibility index (Phi) is 53.8. The number of aliphatic hydroxyl groups is 11. The largest absolute Gasteiger partial charge is 0.394 e. The van der Waals surface area contributed by atoms with Gasteiger partial charge in [-0.3, -0.25) is 4.79 Å².